The fourth-order valence-electron chi connectivity index (χ4n) is 6.15. The van der Waals surface area contributed by atoms with Gasteiger partial charge < -0.3 is 19.5 Å². The van der Waals surface area contributed by atoms with Crippen LogP contribution in [0.25, 0.3) is 66.9 Å². The van der Waals surface area contributed by atoms with Crippen LogP contribution >= 0.6 is 0 Å². The van der Waals surface area contributed by atoms with E-state index in [-0.39, 0.29) is 36.3 Å². The number of allylic oxidation sites excluding steroid dienone is 4. The van der Waals surface area contributed by atoms with Gasteiger partial charge >= 0.3 is 17.1 Å². The van der Waals surface area contributed by atoms with E-state index in [2.05, 4.69) is 41.0 Å². The topological polar surface area (TPSA) is 96.5 Å². The van der Waals surface area contributed by atoms with Gasteiger partial charge in [-0.3, -0.25) is 0 Å². The molecule has 0 saturated heterocycles. The molecule has 9 rings (SSSR count). The molecule has 0 saturated carbocycles. The van der Waals surface area contributed by atoms with E-state index in [1.165, 1.54) is 0 Å². The number of nitrogens with zero attached hydrogens (tertiary/aromatic N) is 8. The maximum atomic E-state index is 5.12. The van der Waals surface area contributed by atoms with E-state index in [0.29, 0.717) is 28.6 Å². The van der Waals surface area contributed by atoms with E-state index in [9.17, 15) is 0 Å². The number of benzene rings is 3. The van der Waals surface area contributed by atoms with Crippen LogP contribution in [0.5, 0.6) is 0 Å². The van der Waals surface area contributed by atoms with E-state index in [0.717, 1.165) is 50.0 Å². The Labute approximate surface area is 257 Å². The van der Waals surface area contributed by atoms with Crippen LogP contribution < -0.4 is 14.5 Å². The number of aryl methyl sites for hydroxylation is 1. The van der Waals surface area contributed by atoms with Crippen LogP contribution in [0.3, 0.4) is 0 Å². The molecule has 3 aliphatic rings. The summed E-state index contributed by atoms with van der Waals surface area (Å²) in [7, 11) is 2.02. The number of fused-ring (bicyclic) bond motifs is 20. The van der Waals surface area contributed by atoms with Crippen molar-refractivity contribution in [2.75, 3.05) is 0 Å². The SMILES string of the molecule is C.C[n+]1c2nc(nc3[n-]c(nc4nc(nc5[n-]c1c1ccccc51)-c1ccccc1-4)c1ccccc31)C1C=CC=CC21.[Cu+2]. The summed E-state index contributed by atoms with van der Waals surface area (Å²) in [5.74, 6) is 2.79. The van der Waals surface area contributed by atoms with E-state index < -0.39 is 0 Å². The van der Waals surface area contributed by atoms with Crippen molar-refractivity contribution in [3.8, 4) is 22.8 Å². The summed E-state index contributed by atoms with van der Waals surface area (Å²) in [5, 5.41) is 3.82. The standard InChI is InChI=1S/C33H21N8.CH4.Cu/c1-41-32-24-16-8-6-14-22(24)30(39-32)37-28-20-12-4-2-10-18(20)26(35-28)34-27-19-11-3-5-13-21(19)29(36-27)38-31-23-15-7-9-17-25(23)33(41)40-31;;/h2-17,22,24H,1H3;1H4;/q-1;;+2. The molecule has 0 fully saturated rings. The van der Waals surface area contributed by atoms with Crippen molar-refractivity contribution < 1.29 is 21.6 Å². The smallest absolute Gasteiger partial charge is 0.357 e. The van der Waals surface area contributed by atoms with Gasteiger partial charge in [-0.1, -0.05) is 105 Å². The molecular weight excluding hydrogens is 584 g/mol. The first-order valence-electron chi connectivity index (χ1n) is 13.6. The first-order valence-corrected chi connectivity index (χ1v) is 13.6. The van der Waals surface area contributed by atoms with E-state index >= 15 is 0 Å². The Hall–Kier alpha value is -4.98. The van der Waals surface area contributed by atoms with Crippen LogP contribution in [0.1, 0.15) is 30.9 Å². The minimum atomic E-state index is -0.00260. The molecule has 3 aromatic carbocycles. The van der Waals surface area contributed by atoms with Crippen molar-refractivity contribution in [2.45, 2.75) is 19.3 Å². The fourth-order valence-corrected chi connectivity index (χ4v) is 6.15. The van der Waals surface area contributed by atoms with Crippen LogP contribution in [-0.4, -0.2) is 24.9 Å². The largest absolute Gasteiger partial charge is 2.00 e. The normalized spacial score (nSPS) is 16.4. The average molecular weight is 609 g/mol. The Bertz CT molecular complexity index is 2310. The second-order valence-corrected chi connectivity index (χ2v) is 10.5. The Kier molecular flexibility index (Phi) is 6.30. The summed E-state index contributed by atoms with van der Waals surface area (Å²) in [6, 6.07) is 24.3. The number of aromatic nitrogens is 8. The predicted octanol–water partition coefficient (Wildman–Crippen LogP) is 5.85. The molecule has 6 aromatic rings. The van der Waals surface area contributed by atoms with Gasteiger partial charge in [-0.05, 0) is 10.8 Å². The van der Waals surface area contributed by atoms with Crippen LogP contribution in [0.4, 0.5) is 0 Å². The fraction of sp³-hybridized carbons (Fsp3) is 0.118. The summed E-state index contributed by atoms with van der Waals surface area (Å²) in [5.41, 5.74) is 4.43. The molecule has 211 valence electrons. The minimum absolute atomic E-state index is 0. The molecule has 5 heterocycles. The van der Waals surface area contributed by atoms with Crippen molar-refractivity contribution >= 4 is 44.1 Å². The number of hydrogen-bond acceptors (Lipinski definition) is 5. The van der Waals surface area contributed by atoms with Crippen LogP contribution in [0, 0.1) is 0 Å². The molecular formula is C34H25CuN8+. The quantitative estimate of drug-likeness (QED) is 0.157. The summed E-state index contributed by atoms with van der Waals surface area (Å²) < 4.78 is 2.08. The molecule has 1 radical (unpaired) electrons. The van der Waals surface area contributed by atoms with Crippen molar-refractivity contribution in [1.29, 1.82) is 0 Å². The predicted molar refractivity (Wildman–Crippen MR) is 163 cm³/mol. The first kappa shape index (κ1) is 26.9. The third-order valence-electron chi connectivity index (χ3n) is 8.13. The molecule has 2 aliphatic heterocycles. The van der Waals surface area contributed by atoms with E-state index in [1.54, 1.807) is 0 Å². The molecule has 0 N–H and O–H groups in total. The van der Waals surface area contributed by atoms with Gasteiger partial charge in [0.2, 0.25) is 0 Å². The zero-order chi connectivity index (χ0) is 27.1. The monoisotopic (exact) mass is 608 g/mol. The van der Waals surface area contributed by atoms with Gasteiger partial charge in [-0.25, -0.2) is 19.9 Å². The van der Waals surface area contributed by atoms with Gasteiger partial charge in [0, 0.05) is 52.1 Å². The maximum Gasteiger partial charge on any atom is 2.00 e. The Morgan fingerprint density at radius 3 is 1.74 bits per heavy atom. The Balaban J connectivity index is 0.00000150. The second-order valence-electron chi connectivity index (χ2n) is 10.5. The van der Waals surface area contributed by atoms with Crippen LogP contribution in [-0.2, 0) is 24.1 Å². The van der Waals surface area contributed by atoms with Gasteiger partial charge in [0.25, 0.3) is 0 Å². The molecule has 2 unspecified atom stereocenters. The van der Waals surface area contributed by atoms with Crippen molar-refractivity contribution in [2.24, 2.45) is 7.05 Å². The van der Waals surface area contributed by atoms with Crippen molar-refractivity contribution in [3.05, 3.63) is 109 Å². The summed E-state index contributed by atoms with van der Waals surface area (Å²) >= 11 is 0. The van der Waals surface area contributed by atoms with Crippen LogP contribution in [0.2, 0.25) is 0 Å². The molecule has 0 amide bonds. The third-order valence-corrected chi connectivity index (χ3v) is 8.13. The zero-order valence-corrected chi connectivity index (χ0v) is 23.2. The summed E-state index contributed by atoms with van der Waals surface area (Å²) in [6.07, 6.45) is 8.48. The third kappa shape index (κ3) is 3.96. The number of hydrogen-bond donors (Lipinski definition) is 0. The van der Waals surface area contributed by atoms with Gasteiger partial charge in [-0.2, -0.15) is 0 Å². The van der Waals surface area contributed by atoms with E-state index in [1.807, 2.05) is 67.7 Å². The van der Waals surface area contributed by atoms with Gasteiger partial charge in [0.05, 0.1) is 11.6 Å². The Morgan fingerprint density at radius 2 is 1.09 bits per heavy atom. The average Bonchev–Trinajstić information content (AvgIpc) is 3.76. The van der Waals surface area contributed by atoms with E-state index in [4.69, 9.17) is 34.9 Å². The first-order chi connectivity index (χ1) is 20.2. The number of rotatable bonds is 0. The van der Waals surface area contributed by atoms with Gasteiger partial charge in [0.15, 0.2) is 11.5 Å². The van der Waals surface area contributed by atoms with Gasteiger partial charge in [0.1, 0.15) is 11.5 Å². The summed E-state index contributed by atoms with van der Waals surface area (Å²) in [6.45, 7) is 0. The Morgan fingerprint density at radius 1 is 0.581 bits per heavy atom. The summed E-state index contributed by atoms with van der Waals surface area (Å²) in [4.78, 5) is 35.1. The molecule has 8 nitrogen and oxygen atoms in total. The van der Waals surface area contributed by atoms with Crippen molar-refractivity contribution in [1.82, 2.24) is 34.9 Å². The zero-order valence-electron chi connectivity index (χ0n) is 22.3. The molecule has 0 spiro atoms. The van der Waals surface area contributed by atoms with Crippen LogP contribution in [0.15, 0.2) is 97.1 Å². The molecule has 9 heteroatoms. The van der Waals surface area contributed by atoms with Gasteiger partial charge in [-0.15, -0.1) is 0 Å². The molecule has 3 aromatic heterocycles. The molecule has 43 heavy (non-hydrogen) atoms. The molecule has 2 atom stereocenters. The molecule has 1 aliphatic carbocycles. The maximum absolute atomic E-state index is 5.12. The minimum Gasteiger partial charge on any atom is -0.357 e. The second kappa shape index (κ2) is 10.1. The van der Waals surface area contributed by atoms with Crippen molar-refractivity contribution in [3.63, 3.8) is 0 Å². The molecule has 8 bridgehead atoms.